The van der Waals surface area contributed by atoms with E-state index in [1.165, 1.54) is 36.8 Å². The first kappa shape index (κ1) is 15.3. The van der Waals surface area contributed by atoms with Crippen molar-refractivity contribution in [2.24, 2.45) is 11.7 Å². The molecule has 1 aromatic rings. The summed E-state index contributed by atoms with van der Waals surface area (Å²) >= 11 is 0. The molecule has 0 amide bonds. The van der Waals surface area contributed by atoms with Gasteiger partial charge in [-0.15, -0.1) is 0 Å². The molecule has 3 heteroatoms. The largest absolute Gasteiger partial charge is 0.496 e. The van der Waals surface area contributed by atoms with Gasteiger partial charge in [-0.05, 0) is 45.3 Å². The minimum atomic E-state index is 0.610. The molecule has 0 spiro atoms. The number of hydrogen-bond acceptors (Lipinski definition) is 3. The minimum absolute atomic E-state index is 0.610. The molecule has 20 heavy (non-hydrogen) atoms. The average Bonchev–Trinajstić information content (AvgIpc) is 2.47. The van der Waals surface area contributed by atoms with Gasteiger partial charge in [0.1, 0.15) is 5.75 Å². The number of nitrogens with zero attached hydrogens (tertiary/aromatic N) is 1. The van der Waals surface area contributed by atoms with Gasteiger partial charge in [0, 0.05) is 18.2 Å². The molecule has 1 aromatic carbocycles. The summed E-state index contributed by atoms with van der Waals surface area (Å²) in [4.78, 5) is 2.47. The van der Waals surface area contributed by atoms with E-state index in [1.54, 1.807) is 7.11 Å². The third-order valence-corrected chi connectivity index (χ3v) is 4.59. The molecule has 1 aliphatic carbocycles. The van der Waals surface area contributed by atoms with E-state index in [1.807, 2.05) is 0 Å². The number of ether oxygens (including phenoxy) is 1. The van der Waals surface area contributed by atoms with E-state index in [0.717, 1.165) is 18.8 Å². The highest BCUT2D eigenvalue weighted by Crippen LogP contribution is 2.29. The summed E-state index contributed by atoms with van der Waals surface area (Å²) in [5, 5.41) is 0. The first-order valence-corrected chi connectivity index (χ1v) is 7.69. The van der Waals surface area contributed by atoms with Crippen molar-refractivity contribution < 1.29 is 4.74 Å². The Morgan fingerprint density at radius 1 is 1.30 bits per heavy atom. The number of hydrogen-bond donors (Lipinski definition) is 1. The van der Waals surface area contributed by atoms with Crippen molar-refractivity contribution in [1.29, 1.82) is 0 Å². The van der Waals surface area contributed by atoms with Crippen LogP contribution in [0.25, 0.3) is 0 Å². The third kappa shape index (κ3) is 3.53. The second-order valence-electron chi connectivity index (χ2n) is 6.08. The topological polar surface area (TPSA) is 38.5 Å². The quantitative estimate of drug-likeness (QED) is 0.898. The zero-order valence-corrected chi connectivity index (χ0v) is 13.1. The van der Waals surface area contributed by atoms with Gasteiger partial charge in [-0.1, -0.05) is 30.5 Å². The maximum absolute atomic E-state index is 5.95. The molecular formula is C17H28N2O. The van der Waals surface area contributed by atoms with Gasteiger partial charge in [0.25, 0.3) is 0 Å². The number of aryl methyl sites for hydroxylation is 1. The van der Waals surface area contributed by atoms with Gasteiger partial charge in [-0.25, -0.2) is 0 Å². The highest BCUT2D eigenvalue weighted by Gasteiger charge is 2.27. The smallest absolute Gasteiger partial charge is 0.123 e. The van der Waals surface area contributed by atoms with Crippen LogP contribution in [-0.2, 0) is 6.54 Å². The van der Waals surface area contributed by atoms with Crippen molar-refractivity contribution in [2.75, 3.05) is 20.7 Å². The van der Waals surface area contributed by atoms with Gasteiger partial charge in [-0.3, -0.25) is 4.90 Å². The van der Waals surface area contributed by atoms with Gasteiger partial charge in [-0.2, -0.15) is 0 Å². The molecule has 0 bridgehead atoms. The molecule has 0 heterocycles. The Kier molecular flexibility index (Phi) is 5.44. The second kappa shape index (κ2) is 7.09. The van der Waals surface area contributed by atoms with E-state index in [4.69, 9.17) is 10.5 Å². The Morgan fingerprint density at radius 3 is 2.75 bits per heavy atom. The van der Waals surface area contributed by atoms with E-state index < -0.39 is 0 Å². The first-order valence-electron chi connectivity index (χ1n) is 7.69. The van der Waals surface area contributed by atoms with E-state index in [-0.39, 0.29) is 0 Å². The van der Waals surface area contributed by atoms with Crippen molar-refractivity contribution in [3.05, 3.63) is 29.3 Å². The molecule has 0 radical (unpaired) electrons. The van der Waals surface area contributed by atoms with Crippen LogP contribution in [0.15, 0.2) is 18.2 Å². The minimum Gasteiger partial charge on any atom is -0.496 e. The Labute approximate surface area is 123 Å². The van der Waals surface area contributed by atoms with Crippen LogP contribution >= 0.6 is 0 Å². The van der Waals surface area contributed by atoms with E-state index in [0.29, 0.717) is 12.0 Å². The zero-order chi connectivity index (χ0) is 14.5. The standard InChI is InChI=1S/C17H28N2O/c1-13-8-9-17(20-3)15(10-13)12-19(2)16-7-5-4-6-14(16)11-18/h8-10,14,16H,4-7,11-12,18H2,1-3H3. The van der Waals surface area contributed by atoms with Crippen LogP contribution in [0.2, 0.25) is 0 Å². The highest BCUT2D eigenvalue weighted by molar-refractivity contribution is 5.36. The molecule has 1 aliphatic rings. The van der Waals surface area contributed by atoms with Crippen LogP contribution in [0, 0.1) is 12.8 Å². The molecule has 112 valence electrons. The third-order valence-electron chi connectivity index (χ3n) is 4.59. The van der Waals surface area contributed by atoms with Gasteiger partial charge in [0.15, 0.2) is 0 Å². The van der Waals surface area contributed by atoms with Crippen molar-refractivity contribution in [2.45, 2.75) is 45.2 Å². The van der Waals surface area contributed by atoms with Crippen LogP contribution < -0.4 is 10.5 Å². The van der Waals surface area contributed by atoms with Crippen LogP contribution in [0.4, 0.5) is 0 Å². The van der Waals surface area contributed by atoms with Crippen LogP contribution in [0.5, 0.6) is 5.75 Å². The van der Waals surface area contributed by atoms with Crippen molar-refractivity contribution >= 4 is 0 Å². The molecule has 2 atom stereocenters. The number of rotatable bonds is 5. The Morgan fingerprint density at radius 2 is 2.05 bits per heavy atom. The molecule has 2 unspecified atom stereocenters. The van der Waals surface area contributed by atoms with Gasteiger partial charge in [0.05, 0.1) is 7.11 Å². The monoisotopic (exact) mass is 276 g/mol. The lowest BCUT2D eigenvalue weighted by molar-refractivity contribution is 0.126. The number of methoxy groups -OCH3 is 1. The summed E-state index contributed by atoms with van der Waals surface area (Å²) in [5.41, 5.74) is 8.51. The lowest BCUT2D eigenvalue weighted by atomic mass is 9.83. The van der Waals surface area contributed by atoms with Crippen molar-refractivity contribution in [3.8, 4) is 5.75 Å². The summed E-state index contributed by atoms with van der Waals surface area (Å²) in [6.45, 7) is 3.87. The molecule has 0 saturated heterocycles. The molecule has 0 aromatic heterocycles. The van der Waals surface area contributed by atoms with Crippen molar-refractivity contribution in [3.63, 3.8) is 0 Å². The van der Waals surface area contributed by atoms with Gasteiger partial charge < -0.3 is 10.5 Å². The van der Waals surface area contributed by atoms with Crippen molar-refractivity contribution in [1.82, 2.24) is 4.90 Å². The Bertz CT molecular complexity index is 433. The summed E-state index contributed by atoms with van der Waals surface area (Å²) in [6, 6.07) is 7.01. The Balaban J connectivity index is 2.10. The highest BCUT2D eigenvalue weighted by atomic mass is 16.5. The van der Waals surface area contributed by atoms with Crippen LogP contribution in [0.1, 0.15) is 36.8 Å². The summed E-state index contributed by atoms with van der Waals surface area (Å²) in [7, 11) is 3.97. The predicted octanol–water partition coefficient (Wildman–Crippen LogP) is 2.95. The van der Waals surface area contributed by atoms with Gasteiger partial charge in [0.2, 0.25) is 0 Å². The summed E-state index contributed by atoms with van der Waals surface area (Å²) < 4.78 is 5.49. The summed E-state index contributed by atoms with van der Waals surface area (Å²) in [5.74, 6) is 1.63. The fraction of sp³-hybridized carbons (Fsp3) is 0.647. The lowest BCUT2D eigenvalue weighted by Gasteiger charge is -2.37. The molecular weight excluding hydrogens is 248 g/mol. The zero-order valence-electron chi connectivity index (χ0n) is 13.1. The van der Waals surface area contributed by atoms with Crippen LogP contribution in [-0.4, -0.2) is 31.6 Å². The molecule has 0 aliphatic heterocycles. The fourth-order valence-electron chi connectivity index (χ4n) is 3.46. The van der Waals surface area contributed by atoms with E-state index in [2.05, 4.69) is 37.1 Å². The predicted molar refractivity (Wildman–Crippen MR) is 84.0 cm³/mol. The maximum atomic E-state index is 5.95. The van der Waals surface area contributed by atoms with E-state index in [9.17, 15) is 0 Å². The average molecular weight is 276 g/mol. The van der Waals surface area contributed by atoms with E-state index >= 15 is 0 Å². The second-order valence-corrected chi connectivity index (χ2v) is 6.08. The molecule has 2 rings (SSSR count). The lowest BCUT2D eigenvalue weighted by Crippen LogP contribution is -2.42. The number of nitrogens with two attached hydrogens (primary N) is 1. The Hall–Kier alpha value is -1.06. The number of benzene rings is 1. The van der Waals surface area contributed by atoms with Crippen LogP contribution in [0.3, 0.4) is 0 Å². The normalized spacial score (nSPS) is 23.1. The SMILES string of the molecule is COc1ccc(C)cc1CN(C)C1CCCCC1CN. The first-order chi connectivity index (χ1) is 9.65. The molecule has 1 saturated carbocycles. The molecule has 1 fully saturated rings. The summed E-state index contributed by atoms with van der Waals surface area (Å²) in [6.07, 6.45) is 5.21. The maximum Gasteiger partial charge on any atom is 0.123 e. The van der Waals surface area contributed by atoms with Gasteiger partial charge >= 0.3 is 0 Å². The fourth-order valence-corrected chi connectivity index (χ4v) is 3.46. The molecule has 3 nitrogen and oxygen atoms in total. The molecule has 2 N–H and O–H groups in total.